The minimum Gasteiger partial charge on any atom is -0.340 e. The predicted octanol–water partition coefficient (Wildman–Crippen LogP) is 1.88. The van der Waals surface area contributed by atoms with E-state index in [4.69, 9.17) is 0 Å². The fourth-order valence-corrected chi connectivity index (χ4v) is 2.73. The van der Waals surface area contributed by atoms with Gasteiger partial charge in [0.25, 0.3) is 0 Å². The van der Waals surface area contributed by atoms with Crippen molar-refractivity contribution >= 4 is 11.8 Å². The maximum Gasteiger partial charge on any atom is 0.249 e. The molecule has 1 fully saturated rings. The number of aromatic nitrogens is 1. The Bertz CT molecular complexity index is 536. The third kappa shape index (κ3) is 2.52. The number of nitrogens with zero attached hydrogens (tertiary/aromatic N) is 2. The first-order valence-electron chi connectivity index (χ1n) is 7.41. The van der Waals surface area contributed by atoms with E-state index in [0.29, 0.717) is 19.4 Å². The van der Waals surface area contributed by atoms with Gasteiger partial charge in [-0.05, 0) is 38.3 Å². The first-order valence-corrected chi connectivity index (χ1v) is 7.41. The molecule has 1 aliphatic heterocycles. The molecule has 5 nitrogen and oxygen atoms in total. The Morgan fingerprint density at radius 1 is 1.24 bits per heavy atom. The summed E-state index contributed by atoms with van der Waals surface area (Å²) in [7, 11) is 0. The second-order valence-electron chi connectivity index (χ2n) is 6.05. The highest BCUT2D eigenvalue weighted by molar-refractivity contribution is 6.01. The number of rotatable bonds is 4. The van der Waals surface area contributed by atoms with Crippen LogP contribution >= 0.6 is 0 Å². The van der Waals surface area contributed by atoms with Gasteiger partial charge >= 0.3 is 0 Å². The molecule has 1 aliphatic rings. The number of nitrogens with one attached hydrogen (secondary N) is 1. The van der Waals surface area contributed by atoms with E-state index in [0.717, 1.165) is 5.56 Å². The van der Waals surface area contributed by atoms with Crippen LogP contribution in [0.15, 0.2) is 24.5 Å². The Labute approximate surface area is 125 Å². The maximum absolute atomic E-state index is 13.0. The monoisotopic (exact) mass is 289 g/mol. The predicted molar refractivity (Wildman–Crippen MR) is 80.3 cm³/mol. The van der Waals surface area contributed by atoms with Crippen molar-refractivity contribution < 1.29 is 9.59 Å². The summed E-state index contributed by atoms with van der Waals surface area (Å²) in [6.07, 6.45) is 4.61. The quantitative estimate of drug-likeness (QED) is 0.920. The van der Waals surface area contributed by atoms with Crippen molar-refractivity contribution in [1.82, 2.24) is 15.2 Å². The van der Waals surface area contributed by atoms with Gasteiger partial charge in [0.15, 0.2) is 0 Å². The van der Waals surface area contributed by atoms with Crippen LogP contribution in [0.4, 0.5) is 0 Å². The van der Waals surface area contributed by atoms with Gasteiger partial charge in [0.1, 0.15) is 11.1 Å². The van der Waals surface area contributed by atoms with Gasteiger partial charge in [0.2, 0.25) is 11.8 Å². The van der Waals surface area contributed by atoms with Crippen LogP contribution in [0.1, 0.15) is 46.1 Å². The summed E-state index contributed by atoms with van der Waals surface area (Å²) in [5.41, 5.74) is -0.718. The molecule has 114 valence electrons. The average molecular weight is 289 g/mol. The van der Waals surface area contributed by atoms with E-state index in [1.807, 2.05) is 26.0 Å². The summed E-state index contributed by atoms with van der Waals surface area (Å²) in [4.78, 5) is 31.2. The third-order valence-electron chi connectivity index (χ3n) is 4.51. The Balaban J connectivity index is 2.39. The highest BCUT2D eigenvalue weighted by Gasteiger charge is 2.52. The van der Waals surface area contributed by atoms with Crippen LogP contribution in [0, 0.1) is 0 Å². The van der Waals surface area contributed by atoms with Crippen LogP contribution in [0.3, 0.4) is 0 Å². The van der Waals surface area contributed by atoms with Gasteiger partial charge < -0.3 is 10.2 Å². The summed E-state index contributed by atoms with van der Waals surface area (Å²) in [5, 5.41) is 2.94. The number of pyridine rings is 1. The zero-order valence-electron chi connectivity index (χ0n) is 13.1. The van der Waals surface area contributed by atoms with E-state index >= 15 is 0 Å². The van der Waals surface area contributed by atoms with E-state index in [1.54, 1.807) is 31.1 Å². The third-order valence-corrected chi connectivity index (χ3v) is 4.51. The summed E-state index contributed by atoms with van der Waals surface area (Å²) >= 11 is 0. The Morgan fingerprint density at radius 2 is 1.90 bits per heavy atom. The lowest BCUT2D eigenvalue weighted by Crippen LogP contribution is -2.73. The van der Waals surface area contributed by atoms with Crippen molar-refractivity contribution in [3.8, 4) is 0 Å². The molecule has 21 heavy (non-hydrogen) atoms. The smallest absolute Gasteiger partial charge is 0.249 e. The molecule has 0 saturated carbocycles. The molecule has 1 saturated heterocycles. The van der Waals surface area contributed by atoms with Gasteiger partial charge in [-0.15, -0.1) is 0 Å². The molecule has 0 bridgehead atoms. The molecule has 2 heterocycles. The van der Waals surface area contributed by atoms with Gasteiger partial charge in [0, 0.05) is 18.9 Å². The lowest BCUT2D eigenvalue weighted by molar-refractivity contribution is -0.162. The molecule has 0 spiro atoms. The van der Waals surface area contributed by atoms with E-state index in [2.05, 4.69) is 10.3 Å². The number of carbonyl (C=O) groups is 2. The van der Waals surface area contributed by atoms with Crippen molar-refractivity contribution in [2.75, 3.05) is 0 Å². The standard InChI is InChI=1S/C16H23N3O2/c1-5-16(6-2)14(21)19(15(3,4)13(20)18-16)11-12-8-7-9-17-10-12/h7-10H,5-6,11H2,1-4H3,(H,18,20). The number of hydrogen-bond acceptors (Lipinski definition) is 3. The number of amides is 2. The lowest BCUT2D eigenvalue weighted by atomic mass is 9.83. The highest BCUT2D eigenvalue weighted by Crippen LogP contribution is 2.31. The second-order valence-corrected chi connectivity index (χ2v) is 6.05. The SMILES string of the molecule is CCC1(CC)NC(=O)C(C)(C)N(Cc2cccnc2)C1=O. The molecule has 1 N–H and O–H groups in total. The van der Waals surface area contributed by atoms with Gasteiger partial charge in [-0.3, -0.25) is 14.6 Å². The molecular formula is C16H23N3O2. The zero-order chi connectivity index (χ0) is 15.7. The molecule has 0 radical (unpaired) electrons. The molecule has 2 rings (SSSR count). The molecule has 0 aromatic carbocycles. The van der Waals surface area contributed by atoms with Crippen LogP contribution < -0.4 is 5.32 Å². The molecule has 0 unspecified atom stereocenters. The van der Waals surface area contributed by atoms with E-state index in [1.165, 1.54) is 0 Å². The minimum absolute atomic E-state index is 0.0130. The summed E-state index contributed by atoms with van der Waals surface area (Å²) < 4.78 is 0. The number of piperazine rings is 1. The molecule has 0 atom stereocenters. The van der Waals surface area contributed by atoms with Crippen LogP contribution in [0.5, 0.6) is 0 Å². The number of carbonyl (C=O) groups excluding carboxylic acids is 2. The zero-order valence-corrected chi connectivity index (χ0v) is 13.1. The Hall–Kier alpha value is -1.91. The topological polar surface area (TPSA) is 62.3 Å². The van der Waals surface area contributed by atoms with E-state index in [9.17, 15) is 9.59 Å². The second kappa shape index (κ2) is 5.47. The van der Waals surface area contributed by atoms with Crippen LogP contribution in [0.25, 0.3) is 0 Å². The van der Waals surface area contributed by atoms with Gasteiger partial charge in [-0.2, -0.15) is 0 Å². The van der Waals surface area contributed by atoms with Crippen molar-refractivity contribution in [1.29, 1.82) is 0 Å². The molecule has 5 heteroatoms. The van der Waals surface area contributed by atoms with Gasteiger partial charge in [0.05, 0.1) is 0 Å². The molecule has 1 aromatic rings. The molecule has 0 aliphatic carbocycles. The first kappa shape index (κ1) is 15.5. The van der Waals surface area contributed by atoms with Gasteiger partial charge in [-0.1, -0.05) is 19.9 Å². The van der Waals surface area contributed by atoms with E-state index in [-0.39, 0.29) is 11.8 Å². The Morgan fingerprint density at radius 3 is 2.43 bits per heavy atom. The molecular weight excluding hydrogens is 266 g/mol. The molecule has 2 amide bonds. The lowest BCUT2D eigenvalue weighted by Gasteiger charge is -2.49. The van der Waals surface area contributed by atoms with Crippen molar-refractivity contribution in [3.63, 3.8) is 0 Å². The van der Waals surface area contributed by atoms with E-state index < -0.39 is 11.1 Å². The normalized spacial score (nSPS) is 20.3. The highest BCUT2D eigenvalue weighted by atomic mass is 16.2. The number of hydrogen-bond donors (Lipinski definition) is 1. The van der Waals surface area contributed by atoms with Gasteiger partial charge in [-0.25, -0.2) is 0 Å². The van der Waals surface area contributed by atoms with Crippen molar-refractivity contribution in [3.05, 3.63) is 30.1 Å². The van der Waals surface area contributed by atoms with Crippen LogP contribution in [0.2, 0.25) is 0 Å². The summed E-state index contributed by atoms with van der Waals surface area (Å²) in [6.45, 7) is 7.83. The fourth-order valence-electron chi connectivity index (χ4n) is 2.73. The summed E-state index contributed by atoms with van der Waals surface area (Å²) in [5.74, 6) is -0.115. The Kier molecular flexibility index (Phi) is 4.03. The molecule has 1 aromatic heterocycles. The first-order chi connectivity index (χ1) is 9.87. The maximum atomic E-state index is 13.0. The summed E-state index contributed by atoms with van der Waals surface area (Å²) in [6, 6.07) is 3.76. The minimum atomic E-state index is -0.860. The van der Waals surface area contributed by atoms with Crippen LogP contribution in [-0.2, 0) is 16.1 Å². The van der Waals surface area contributed by atoms with Crippen LogP contribution in [-0.4, -0.2) is 32.8 Å². The van der Waals surface area contributed by atoms with Crippen molar-refractivity contribution in [2.45, 2.75) is 58.2 Å². The fraction of sp³-hybridized carbons (Fsp3) is 0.562. The largest absolute Gasteiger partial charge is 0.340 e. The average Bonchev–Trinajstić information content (AvgIpc) is 2.49. The van der Waals surface area contributed by atoms with Crippen molar-refractivity contribution in [2.24, 2.45) is 0 Å².